The number of hydrogen-bond acceptors (Lipinski definition) is 2. The molecule has 0 N–H and O–H groups in total. The minimum Gasteiger partial charge on any atom is -0.299 e. The van der Waals surface area contributed by atoms with Crippen molar-refractivity contribution in [2.45, 2.75) is 30.6 Å². The van der Waals surface area contributed by atoms with Crippen LogP contribution in [0.25, 0.3) is 0 Å². The van der Waals surface area contributed by atoms with Crippen molar-refractivity contribution in [1.82, 2.24) is 4.90 Å². The Bertz CT molecular complexity index is 338. The summed E-state index contributed by atoms with van der Waals surface area (Å²) in [6, 6.07) is 9.63. The summed E-state index contributed by atoms with van der Waals surface area (Å²) >= 11 is 4.56. The Morgan fingerprint density at radius 1 is 1.13 bits per heavy atom. The van der Waals surface area contributed by atoms with E-state index in [1.807, 2.05) is 0 Å². The second kappa shape index (κ2) is 3.84. The van der Waals surface area contributed by atoms with Crippen molar-refractivity contribution in [1.29, 1.82) is 0 Å². The van der Waals surface area contributed by atoms with E-state index < -0.39 is 0 Å². The highest BCUT2D eigenvalue weighted by Crippen LogP contribution is 2.28. The third-order valence-corrected chi connectivity index (χ3v) is 4.16. The van der Waals surface area contributed by atoms with E-state index in [1.54, 1.807) is 11.1 Å². The maximum atomic E-state index is 4.56. The van der Waals surface area contributed by atoms with Crippen LogP contribution in [0.1, 0.15) is 17.5 Å². The van der Waals surface area contributed by atoms with Crippen LogP contribution >= 0.6 is 12.6 Å². The standard InChI is InChI=1S/C13H17NS/c15-13-5-6-14(9-13)12-7-10-3-1-2-4-11(10)8-12/h1-4,12-13,15H,5-9H2/t13-/m0/s1. The molecule has 0 spiro atoms. The molecule has 2 aliphatic rings. The fourth-order valence-electron chi connectivity index (χ4n) is 2.89. The lowest BCUT2D eigenvalue weighted by molar-refractivity contribution is 0.251. The van der Waals surface area contributed by atoms with E-state index in [1.165, 1.54) is 32.4 Å². The van der Waals surface area contributed by atoms with Crippen molar-refractivity contribution in [2.75, 3.05) is 13.1 Å². The van der Waals surface area contributed by atoms with Crippen molar-refractivity contribution in [3.05, 3.63) is 35.4 Å². The molecule has 1 fully saturated rings. The van der Waals surface area contributed by atoms with E-state index in [9.17, 15) is 0 Å². The van der Waals surface area contributed by atoms with Crippen LogP contribution in [0.4, 0.5) is 0 Å². The van der Waals surface area contributed by atoms with Gasteiger partial charge in [-0.15, -0.1) is 0 Å². The minimum atomic E-state index is 0.605. The average Bonchev–Trinajstić information content (AvgIpc) is 2.82. The Balaban J connectivity index is 1.73. The minimum absolute atomic E-state index is 0.605. The molecule has 1 aliphatic carbocycles. The molecule has 1 atom stereocenters. The van der Waals surface area contributed by atoms with Gasteiger partial charge in [0, 0.05) is 17.8 Å². The maximum Gasteiger partial charge on any atom is 0.0177 e. The van der Waals surface area contributed by atoms with Gasteiger partial charge in [0.05, 0.1) is 0 Å². The number of fused-ring (bicyclic) bond motifs is 1. The Labute approximate surface area is 96.9 Å². The first kappa shape index (κ1) is 9.73. The molecule has 0 radical (unpaired) electrons. The highest BCUT2D eigenvalue weighted by molar-refractivity contribution is 7.81. The van der Waals surface area contributed by atoms with Crippen molar-refractivity contribution in [3.63, 3.8) is 0 Å². The smallest absolute Gasteiger partial charge is 0.0177 e. The molecule has 1 aromatic rings. The van der Waals surface area contributed by atoms with Gasteiger partial charge in [-0.1, -0.05) is 24.3 Å². The van der Waals surface area contributed by atoms with Crippen LogP contribution in [0.3, 0.4) is 0 Å². The first-order chi connectivity index (χ1) is 7.33. The van der Waals surface area contributed by atoms with Gasteiger partial charge in [0.1, 0.15) is 0 Å². The Morgan fingerprint density at radius 2 is 1.80 bits per heavy atom. The normalized spacial score (nSPS) is 27.1. The highest BCUT2D eigenvalue weighted by atomic mass is 32.1. The van der Waals surface area contributed by atoms with Crippen LogP contribution in [0.15, 0.2) is 24.3 Å². The molecule has 1 saturated heterocycles. The van der Waals surface area contributed by atoms with Gasteiger partial charge in [0.15, 0.2) is 0 Å². The number of likely N-dealkylation sites (tertiary alicyclic amines) is 1. The Hall–Kier alpha value is -0.470. The van der Waals surface area contributed by atoms with Crippen LogP contribution in [-0.4, -0.2) is 29.3 Å². The van der Waals surface area contributed by atoms with Crippen LogP contribution in [0, 0.1) is 0 Å². The lowest BCUT2D eigenvalue weighted by atomic mass is 10.1. The van der Waals surface area contributed by atoms with Crippen LogP contribution in [0.5, 0.6) is 0 Å². The number of benzene rings is 1. The molecule has 0 bridgehead atoms. The summed E-state index contributed by atoms with van der Waals surface area (Å²) in [6.45, 7) is 2.43. The van der Waals surface area contributed by atoms with E-state index in [4.69, 9.17) is 0 Å². The zero-order valence-electron chi connectivity index (χ0n) is 8.89. The van der Waals surface area contributed by atoms with Crippen molar-refractivity contribution >= 4 is 12.6 Å². The Kier molecular flexibility index (Phi) is 2.49. The fourth-order valence-corrected chi connectivity index (χ4v) is 3.22. The fraction of sp³-hybridized carbons (Fsp3) is 0.538. The van der Waals surface area contributed by atoms with Crippen molar-refractivity contribution in [2.24, 2.45) is 0 Å². The first-order valence-corrected chi connectivity index (χ1v) is 6.33. The maximum absolute atomic E-state index is 4.56. The van der Waals surface area contributed by atoms with Crippen molar-refractivity contribution < 1.29 is 0 Å². The molecule has 3 rings (SSSR count). The van der Waals surface area contributed by atoms with Gasteiger partial charge in [-0.05, 0) is 36.9 Å². The third kappa shape index (κ3) is 1.81. The van der Waals surface area contributed by atoms with Crippen LogP contribution in [0.2, 0.25) is 0 Å². The topological polar surface area (TPSA) is 3.24 Å². The third-order valence-electron chi connectivity index (χ3n) is 3.74. The molecule has 1 aliphatic heterocycles. The number of rotatable bonds is 1. The summed E-state index contributed by atoms with van der Waals surface area (Å²) in [7, 11) is 0. The zero-order chi connectivity index (χ0) is 10.3. The van der Waals surface area contributed by atoms with E-state index in [0.717, 1.165) is 6.04 Å². The molecule has 1 nitrogen and oxygen atoms in total. The van der Waals surface area contributed by atoms with Gasteiger partial charge in [-0.3, -0.25) is 4.90 Å². The van der Waals surface area contributed by atoms with Gasteiger partial charge >= 0.3 is 0 Å². The molecule has 0 saturated carbocycles. The summed E-state index contributed by atoms with van der Waals surface area (Å²) in [5.41, 5.74) is 3.12. The lowest BCUT2D eigenvalue weighted by Crippen LogP contribution is -2.34. The predicted octanol–water partition coefficient (Wildman–Crippen LogP) is 2.16. The average molecular weight is 219 g/mol. The van der Waals surface area contributed by atoms with E-state index in [-0.39, 0.29) is 0 Å². The zero-order valence-corrected chi connectivity index (χ0v) is 9.79. The number of hydrogen-bond donors (Lipinski definition) is 1. The molecule has 15 heavy (non-hydrogen) atoms. The van der Waals surface area contributed by atoms with E-state index in [2.05, 4.69) is 41.8 Å². The molecule has 0 unspecified atom stereocenters. The molecular weight excluding hydrogens is 202 g/mol. The Morgan fingerprint density at radius 3 is 2.33 bits per heavy atom. The molecular formula is C13H17NS. The van der Waals surface area contributed by atoms with Gasteiger partial charge in [0.25, 0.3) is 0 Å². The van der Waals surface area contributed by atoms with Gasteiger partial charge in [-0.2, -0.15) is 12.6 Å². The van der Waals surface area contributed by atoms with Crippen LogP contribution < -0.4 is 0 Å². The summed E-state index contributed by atoms with van der Waals surface area (Å²) in [4.78, 5) is 2.62. The van der Waals surface area contributed by atoms with Gasteiger partial charge in [0.2, 0.25) is 0 Å². The summed E-state index contributed by atoms with van der Waals surface area (Å²) in [5, 5.41) is 0.605. The van der Waals surface area contributed by atoms with Gasteiger partial charge < -0.3 is 0 Å². The first-order valence-electron chi connectivity index (χ1n) is 5.82. The van der Waals surface area contributed by atoms with Crippen LogP contribution in [-0.2, 0) is 12.8 Å². The second-order valence-corrected chi connectivity index (χ2v) is 5.50. The number of nitrogens with zero attached hydrogens (tertiary/aromatic N) is 1. The monoisotopic (exact) mass is 219 g/mol. The molecule has 0 amide bonds. The predicted molar refractivity (Wildman–Crippen MR) is 66.6 cm³/mol. The molecule has 1 aromatic carbocycles. The summed E-state index contributed by atoms with van der Waals surface area (Å²) in [5.74, 6) is 0. The summed E-state index contributed by atoms with van der Waals surface area (Å²) < 4.78 is 0. The summed E-state index contributed by atoms with van der Waals surface area (Å²) in [6.07, 6.45) is 3.75. The quantitative estimate of drug-likeness (QED) is 0.708. The lowest BCUT2D eigenvalue weighted by Gasteiger charge is -2.22. The van der Waals surface area contributed by atoms with Gasteiger partial charge in [-0.25, -0.2) is 0 Å². The number of thiol groups is 1. The SMILES string of the molecule is S[C@H]1CCN(C2Cc3ccccc3C2)C1. The molecule has 0 aromatic heterocycles. The molecule has 1 heterocycles. The largest absolute Gasteiger partial charge is 0.299 e. The van der Waals surface area contributed by atoms with E-state index in [0.29, 0.717) is 5.25 Å². The van der Waals surface area contributed by atoms with Crippen molar-refractivity contribution in [3.8, 4) is 0 Å². The van der Waals surface area contributed by atoms with E-state index >= 15 is 0 Å². The molecule has 2 heteroatoms. The molecule has 80 valence electrons. The highest BCUT2D eigenvalue weighted by Gasteiger charge is 2.30. The second-order valence-electron chi connectivity index (χ2n) is 4.77.